The molecule has 0 unspecified atom stereocenters. The monoisotopic (exact) mass is 194 g/mol. The van der Waals surface area contributed by atoms with Crippen molar-refractivity contribution in [3.63, 3.8) is 0 Å². The highest BCUT2D eigenvalue weighted by molar-refractivity contribution is 5.44. The molecular weight excluding hydrogens is 176 g/mol. The van der Waals surface area contributed by atoms with Crippen LogP contribution in [-0.4, -0.2) is 16.5 Å². The summed E-state index contributed by atoms with van der Waals surface area (Å²) in [5.74, 6) is 2.00. The molecule has 1 aromatic heterocycles. The number of nitrogen functional groups attached to an aromatic ring is 1. The quantitative estimate of drug-likeness (QED) is 0.753. The molecule has 1 aromatic rings. The lowest BCUT2D eigenvalue weighted by Gasteiger charge is -2.19. The summed E-state index contributed by atoms with van der Waals surface area (Å²) in [5.41, 5.74) is 5.84. The van der Waals surface area contributed by atoms with Crippen LogP contribution in [0, 0.1) is 12.3 Å². The fraction of sp³-hybridized carbons (Fsp3) is 0.600. The second kappa shape index (κ2) is 3.82. The third-order valence-corrected chi connectivity index (χ3v) is 1.66. The van der Waals surface area contributed by atoms with Gasteiger partial charge in [0, 0.05) is 12.6 Å². The van der Waals surface area contributed by atoms with Gasteiger partial charge in [0.1, 0.15) is 17.5 Å². The molecule has 3 N–H and O–H groups in total. The van der Waals surface area contributed by atoms with Gasteiger partial charge in [-0.3, -0.25) is 0 Å². The minimum Gasteiger partial charge on any atom is -0.384 e. The molecule has 4 heteroatoms. The molecule has 0 aromatic carbocycles. The van der Waals surface area contributed by atoms with Gasteiger partial charge in [-0.15, -0.1) is 0 Å². The second-order valence-corrected chi connectivity index (χ2v) is 4.64. The zero-order chi connectivity index (χ0) is 10.8. The highest BCUT2D eigenvalue weighted by Crippen LogP contribution is 2.15. The van der Waals surface area contributed by atoms with E-state index in [1.807, 2.05) is 6.92 Å². The average molecular weight is 194 g/mol. The molecular formula is C10H18N4. The SMILES string of the molecule is Cc1nc(N)cc(NCC(C)(C)C)n1. The van der Waals surface area contributed by atoms with Crippen LogP contribution in [0.1, 0.15) is 26.6 Å². The Labute approximate surface area is 85.0 Å². The van der Waals surface area contributed by atoms with Crippen molar-refractivity contribution in [2.24, 2.45) is 5.41 Å². The first-order valence-electron chi connectivity index (χ1n) is 4.72. The van der Waals surface area contributed by atoms with Crippen LogP contribution in [0.25, 0.3) is 0 Å². The lowest BCUT2D eigenvalue weighted by Crippen LogP contribution is -2.20. The molecule has 0 bridgehead atoms. The summed E-state index contributed by atoms with van der Waals surface area (Å²) in [6, 6.07) is 1.75. The van der Waals surface area contributed by atoms with E-state index in [-0.39, 0.29) is 5.41 Å². The standard InChI is InChI=1S/C10H18N4/c1-7-13-8(11)5-9(14-7)12-6-10(2,3)4/h5H,6H2,1-4H3,(H3,11,12,13,14). The van der Waals surface area contributed by atoms with E-state index in [1.54, 1.807) is 6.07 Å². The number of nitrogens with zero attached hydrogens (tertiary/aromatic N) is 2. The second-order valence-electron chi connectivity index (χ2n) is 4.64. The van der Waals surface area contributed by atoms with E-state index < -0.39 is 0 Å². The predicted molar refractivity (Wildman–Crippen MR) is 59.1 cm³/mol. The largest absolute Gasteiger partial charge is 0.384 e. The Hall–Kier alpha value is -1.32. The molecule has 78 valence electrons. The zero-order valence-corrected chi connectivity index (χ0v) is 9.26. The van der Waals surface area contributed by atoms with Gasteiger partial charge in [-0.05, 0) is 12.3 Å². The minimum absolute atomic E-state index is 0.230. The zero-order valence-electron chi connectivity index (χ0n) is 9.26. The Morgan fingerprint density at radius 1 is 1.36 bits per heavy atom. The molecule has 0 radical (unpaired) electrons. The highest BCUT2D eigenvalue weighted by Gasteiger charge is 2.10. The van der Waals surface area contributed by atoms with Crippen LogP contribution in [0.3, 0.4) is 0 Å². The van der Waals surface area contributed by atoms with Crippen molar-refractivity contribution in [1.82, 2.24) is 9.97 Å². The summed E-state index contributed by atoms with van der Waals surface area (Å²) in [5, 5.41) is 3.24. The number of hydrogen-bond acceptors (Lipinski definition) is 4. The van der Waals surface area contributed by atoms with Crippen molar-refractivity contribution in [1.29, 1.82) is 0 Å². The molecule has 0 aliphatic heterocycles. The highest BCUT2D eigenvalue weighted by atomic mass is 15.0. The van der Waals surface area contributed by atoms with Crippen molar-refractivity contribution in [2.45, 2.75) is 27.7 Å². The molecule has 0 saturated heterocycles. The summed E-state index contributed by atoms with van der Waals surface area (Å²) < 4.78 is 0. The lowest BCUT2D eigenvalue weighted by atomic mass is 9.97. The van der Waals surface area contributed by atoms with Gasteiger partial charge in [0.15, 0.2) is 0 Å². The van der Waals surface area contributed by atoms with Gasteiger partial charge < -0.3 is 11.1 Å². The molecule has 0 aliphatic rings. The summed E-state index contributed by atoms with van der Waals surface area (Å²) in [6.07, 6.45) is 0. The Kier molecular flexibility index (Phi) is 2.93. The molecule has 1 heterocycles. The number of nitrogens with one attached hydrogen (secondary N) is 1. The maximum absolute atomic E-state index is 5.61. The number of nitrogens with two attached hydrogens (primary N) is 1. The molecule has 0 fully saturated rings. The first-order valence-corrected chi connectivity index (χ1v) is 4.72. The van der Waals surface area contributed by atoms with E-state index >= 15 is 0 Å². The predicted octanol–water partition coefficient (Wildman–Crippen LogP) is 1.83. The Balaban J connectivity index is 2.68. The Morgan fingerprint density at radius 2 is 2.00 bits per heavy atom. The van der Waals surface area contributed by atoms with Gasteiger partial charge >= 0.3 is 0 Å². The van der Waals surface area contributed by atoms with Crippen LogP contribution in [0.4, 0.5) is 11.6 Å². The molecule has 0 aliphatic carbocycles. The fourth-order valence-corrected chi connectivity index (χ4v) is 1.04. The van der Waals surface area contributed by atoms with E-state index in [9.17, 15) is 0 Å². The normalized spacial score (nSPS) is 11.4. The lowest BCUT2D eigenvalue weighted by molar-refractivity contribution is 0.442. The van der Waals surface area contributed by atoms with Gasteiger partial charge in [0.2, 0.25) is 0 Å². The third kappa shape index (κ3) is 3.60. The van der Waals surface area contributed by atoms with Crippen LogP contribution < -0.4 is 11.1 Å². The molecule has 1 rings (SSSR count). The molecule has 0 atom stereocenters. The van der Waals surface area contributed by atoms with Crippen LogP contribution in [0.5, 0.6) is 0 Å². The molecule has 0 amide bonds. The van der Waals surface area contributed by atoms with Gasteiger partial charge in [0.05, 0.1) is 0 Å². The van der Waals surface area contributed by atoms with Gasteiger partial charge in [-0.2, -0.15) is 0 Å². The van der Waals surface area contributed by atoms with Crippen molar-refractivity contribution in [3.05, 3.63) is 11.9 Å². The number of hydrogen-bond donors (Lipinski definition) is 2. The minimum atomic E-state index is 0.230. The number of aromatic nitrogens is 2. The van der Waals surface area contributed by atoms with Crippen LogP contribution >= 0.6 is 0 Å². The van der Waals surface area contributed by atoms with Crippen molar-refractivity contribution in [3.8, 4) is 0 Å². The van der Waals surface area contributed by atoms with Crippen LogP contribution in [-0.2, 0) is 0 Å². The van der Waals surface area contributed by atoms with E-state index in [0.29, 0.717) is 11.6 Å². The Morgan fingerprint density at radius 3 is 2.50 bits per heavy atom. The van der Waals surface area contributed by atoms with E-state index in [0.717, 1.165) is 12.4 Å². The molecule has 0 spiro atoms. The van der Waals surface area contributed by atoms with Crippen molar-refractivity contribution >= 4 is 11.6 Å². The first kappa shape index (κ1) is 10.8. The number of aryl methyl sites for hydroxylation is 1. The topological polar surface area (TPSA) is 63.8 Å². The molecule has 14 heavy (non-hydrogen) atoms. The molecule has 0 saturated carbocycles. The Bertz CT molecular complexity index is 294. The number of anilines is 2. The summed E-state index contributed by atoms with van der Waals surface area (Å²) in [4.78, 5) is 8.24. The number of rotatable bonds is 2. The van der Waals surface area contributed by atoms with Gasteiger partial charge in [-0.1, -0.05) is 20.8 Å². The molecule has 4 nitrogen and oxygen atoms in total. The summed E-state index contributed by atoms with van der Waals surface area (Å²) in [7, 11) is 0. The fourth-order valence-electron chi connectivity index (χ4n) is 1.04. The summed E-state index contributed by atoms with van der Waals surface area (Å²) >= 11 is 0. The smallest absolute Gasteiger partial charge is 0.131 e. The maximum Gasteiger partial charge on any atom is 0.131 e. The summed E-state index contributed by atoms with van der Waals surface area (Å²) in [6.45, 7) is 9.19. The van der Waals surface area contributed by atoms with Crippen LogP contribution in [0.15, 0.2) is 6.07 Å². The maximum atomic E-state index is 5.61. The first-order chi connectivity index (χ1) is 6.37. The van der Waals surface area contributed by atoms with Gasteiger partial charge in [-0.25, -0.2) is 9.97 Å². The average Bonchev–Trinajstić information content (AvgIpc) is 1.97. The van der Waals surface area contributed by atoms with E-state index in [1.165, 1.54) is 0 Å². The van der Waals surface area contributed by atoms with Crippen LogP contribution in [0.2, 0.25) is 0 Å². The van der Waals surface area contributed by atoms with E-state index in [2.05, 4.69) is 36.1 Å². The van der Waals surface area contributed by atoms with Crippen molar-refractivity contribution in [2.75, 3.05) is 17.6 Å². The van der Waals surface area contributed by atoms with Crippen molar-refractivity contribution < 1.29 is 0 Å². The van der Waals surface area contributed by atoms with Gasteiger partial charge in [0.25, 0.3) is 0 Å². The third-order valence-electron chi connectivity index (χ3n) is 1.66. The van der Waals surface area contributed by atoms with E-state index in [4.69, 9.17) is 5.73 Å².